The summed E-state index contributed by atoms with van der Waals surface area (Å²) in [4.78, 5) is 9.38. The Balaban J connectivity index is 2.03. The lowest BCUT2D eigenvalue weighted by Crippen LogP contribution is -2.56. The Morgan fingerprint density at radius 2 is 2.22 bits per heavy atom. The molecule has 1 aliphatic heterocycles. The predicted molar refractivity (Wildman–Crippen MR) is 74.2 cm³/mol. The molecule has 1 aliphatic rings. The minimum absolute atomic E-state index is 0.554. The maximum Gasteiger partial charge on any atom is 0.0544 e. The van der Waals surface area contributed by atoms with Crippen LogP contribution in [0.3, 0.4) is 0 Å². The van der Waals surface area contributed by atoms with Crippen molar-refractivity contribution in [2.75, 3.05) is 26.7 Å². The van der Waals surface area contributed by atoms with Gasteiger partial charge >= 0.3 is 0 Å². The summed E-state index contributed by atoms with van der Waals surface area (Å²) in [6.45, 7) is 6.17. The van der Waals surface area contributed by atoms with Crippen LogP contribution in [0.1, 0.15) is 19.0 Å². The second kappa shape index (κ2) is 6.27. The molecule has 2 heterocycles. The molecule has 1 fully saturated rings. The second-order valence-corrected chi connectivity index (χ2v) is 5.27. The van der Waals surface area contributed by atoms with Crippen LogP contribution >= 0.6 is 0 Å². The number of nitrogens with two attached hydrogens (primary N) is 1. The van der Waals surface area contributed by atoms with Gasteiger partial charge in [-0.15, -0.1) is 0 Å². The van der Waals surface area contributed by atoms with Crippen LogP contribution in [-0.2, 0) is 6.54 Å². The first-order chi connectivity index (χ1) is 8.70. The molecule has 100 valence electrons. The molecule has 0 bridgehead atoms. The van der Waals surface area contributed by atoms with E-state index in [0.29, 0.717) is 12.1 Å². The van der Waals surface area contributed by atoms with Crippen LogP contribution in [0.25, 0.3) is 0 Å². The van der Waals surface area contributed by atoms with E-state index in [2.05, 4.69) is 40.9 Å². The van der Waals surface area contributed by atoms with Gasteiger partial charge in [-0.3, -0.25) is 9.88 Å². The lowest BCUT2D eigenvalue weighted by Gasteiger charge is -2.43. The summed E-state index contributed by atoms with van der Waals surface area (Å²) in [7, 11) is 2.20. The van der Waals surface area contributed by atoms with Gasteiger partial charge < -0.3 is 10.6 Å². The molecule has 2 N–H and O–H groups in total. The number of nitrogens with zero attached hydrogens (tertiary/aromatic N) is 3. The minimum atomic E-state index is 0.554. The van der Waals surface area contributed by atoms with Crippen LogP contribution in [0, 0.1) is 0 Å². The van der Waals surface area contributed by atoms with Crippen LogP contribution < -0.4 is 5.73 Å². The molecule has 2 rings (SSSR count). The van der Waals surface area contributed by atoms with Crippen molar-refractivity contribution in [3.05, 3.63) is 30.1 Å². The fraction of sp³-hybridized carbons (Fsp3) is 0.643. The van der Waals surface area contributed by atoms with E-state index >= 15 is 0 Å². The first-order valence-corrected chi connectivity index (χ1v) is 6.75. The summed E-state index contributed by atoms with van der Waals surface area (Å²) in [5.41, 5.74) is 6.88. The van der Waals surface area contributed by atoms with Gasteiger partial charge in [0.1, 0.15) is 0 Å². The molecular formula is C14H24N4. The van der Waals surface area contributed by atoms with Gasteiger partial charge in [-0.25, -0.2) is 0 Å². The van der Waals surface area contributed by atoms with E-state index in [1.165, 1.54) is 0 Å². The number of pyridine rings is 1. The molecule has 1 saturated heterocycles. The van der Waals surface area contributed by atoms with E-state index in [0.717, 1.165) is 38.3 Å². The van der Waals surface area contributed by atoms with Gasteiger partial charge in [0.2, 0.25) is 0 Å². The maximum atomic E-state index is 5.73. The van der Waals surface area contributed by atoms with Crippen molar-refractivity contribution in [1.29, 1.82) is 0 Å². The molecular weight excluding hydrogens is 224 g/mol. The molecule has 0 saturated carbocycles. The monoisotopic (exact) mass is 248 g/mol. The quantitative estimate of drug-likeness (QED) is 0.861. The van der Waals surface area contributed by atoms with E-state index in [4.69, 9.17) is 5.73 Å². The molecule has 0 radical (unpaired) electrons. The lowest BCUT2D eigenvalue weighted by atomic mass is 10.0. The molecule has 4 nitrogen and oxygen atoms in total. The van der Waals surface area contributed by atoms with Crippen molar-refractivity contribution < 1.29 is 0 Å². The predicted octanol–water partition coefficient (Wildman–Crippen LogP) is 0.935. The minimum Gasteiger partial charge on any atom is -0.330 e. The van der Waals surface area contributed by atoms with Crippen LogP contribution in [-0.4, -0.2) is 53.5 Å². The number of rotatable bonds is 4. The molecule has 0 amide bonds. The van der Waals surface area contributed by atoms with Crippen LogP contribution in [0.4, 0.5) is 0 Å². The zero-order valence-electron chi connectivity index (χ0n) is 11.4. The smallest absolute Gasteiger partial charge is 0.0544 e. The zero-order valence-corrected chi connectivity index (χ0v) is 11.4. The normalized spacial score (nSPS) is 26.4. The topological polar surface area (TPSA) is 45.4 Å². The Kier molecular flexibility index (Phi) is 4.69. The largest absolute Gasteiger partial charge is 0.330 e. The van der Waals surface area contributed by atoms with Crippen molar-refractivity contribution >= 4 is 0 Å². The van der Waals surface area contributed by atoms with Gasteiger partial charge in [-0.1, -0.05) is 6.07 Å². The van der Waals surface area contributed by atoms with Crippen molar-refractivity contribution in [3.63, 3.8) is 0 Å². The van der Waals surface area contributed by atoms with E-state index in [1.54, 1.807) is 0 Å². The molecule has 1 aromatic heterocycles. The average Bonchev–Trinajstić information content (AvgIpc) is 2.37. The van der Waals surface area contributed by atoms with Gasteiger partial charge in [0, 0.05) is 37.9 Å². The van der Waals surface area contributed by atoms with Gasteiger partial charge in [0.15, 0.2) is 0 Å². The standard InChI is InChI=1S/C14H24N4/c1-12-9-18(10-13-5-3-4-8-16-13)14(6-7-15)11-17(12)2/h3-5,8,12,14H,6-7,9-11,15H2,1-2H3. The van der Waals surface area contributed by atoms with Crippen molar-refractivity contribution in [3.8, 4) is 0 Å². The zero-order chi connectivity index (χ0) is 13.0. The Bertz CT molecular complexity index is 354. The Labute approximate surface area is 110 Å². The summed E-state index contributed by atoms with van der Waals surface area (Å²) in [6, 6.07) is 7.27. The number of piperazine rings is 1. The van der Waals surface area contributed by atoms with E-state index in [-0.39, 0.29) is 0 Å². The summed E-state index contributed by atoms with van der Waals surface area (Å²) in [6.07, 6.45) is 2.93. The van der Waals surface area contributed by atoms with Gasteiger partial charge in [-0.2, -0.15) is 0 Å². The first-order valence-electron chi connectivity index (χ1n) is 6.75. The molecule has 0 spiro atoms. The molecule has 1 aromatic rings. The molecule has 0 aromatic carbocycles. The average molecular weight is 248 g/mol. The lowest BCUT2D eigenvalue weighted by molar-refractivity contribution is 0.0422. The fourth-order valence-electron chi connectivity index (χ4n) is 2.62. The first kappa shape index (κ1) is 13.5. The van der Waals surface area contributed by atoms with Crippen LogP contribution in [0.2, 0.25) is 0 Å². The highest BCUT2D eigenvalue weighted by molar-refractivity contribution is 5.04. The number of hydrogen-bond acceptors (Lipinski definition) is 4. The van der Waals surface area contributed by atoms with E-state index in [1.807, 2.05) is 12.3 Å². The van der Waals surface area contributed by atoms with Gasteiger partial charge in [-0.05, 0) is 39.1 Å². The van der Waals surface area contributed by atoms with E-state index < -0.39 is 0 Å². The summed E-state index contributed by atoms with van der Waals surface area (Å²) in [5.74, 6) is 0. The molecule has 4 heteroatoms. The van der Waals surface area contributed by atoms with Crippen molar-refractivity contribution in [2.45, 2.75) is 32.0 Å². The summed E-state index contributed by atoms with van der Waals surface area (Å²) >= 11 is 0. The second-order valence-electron chi connectivity index (χ2n) is 5.27. The highest BCUT2D eigenvalue weighted by Crippen LogP contribution is 2.18. The third-order valence-electron chi connectivity index (χ3n) is 3.86. The highest BCUT2D eigenvalue weighted by atomic mass is 15.3. The number of hydrogen-bond donors (Lipinski definition) is 1. The van der Waals surface area contributed by atoms with Crippen molar-refractivity contribution in [2.24, 2.45) is 5.73 Å². The Morgan fingerprint density at radius 1 is 1.39 bits per heavy atom. The number of likely N-dealkylation sites (N-methyl/N-ethyl adjacent to an activating group) is 1. The molecule has 18 heavy (non-hydrogen) atoms. The van der Waals surface area contributed by atoms with E-state index in [9.17, 15) is 0 Å². The summed E-state index contributed by atoms with van der Waals surface area (Å²) in [5, 5.41) is 0. The van der Waals surface area contributed by atoms with Crippen LogP contribution in [0.5, 0.6) is 0 Å². The fourth-order valence-corrected chi connectivity index (χ4v) is 2.62. The van der Waals surface area contributed by atoms with Crippen molar-refractivity contribution in [1.82, 2.24) is 14.8 Å². The third kappa shape index (κ3) is 3.28. The Hall–Kier alpha value is -0.970. The number of aromatic nitrogens is 1. The molecule has 0 aliphatic carbocycles. The third-order valence-corrected chi connectivity index (χ3v) is 3.86. The molecule has 2 atom stereocenters. The maximum absolute atomic E-state index is 5.73. The van der Waals surface area contributed by atoms with Gasteiger partial charge in [0.25, 0.3) is 0 Å². The summed E-state index contributed by atoms with van der Waals surface area (Å²) < 4.78 is 0. The van der Waals surface area contributed by atoms with Gasteiger partial charge in [0.05, 0.1) is 5.69 Å². The molecule has 2 unspecified atom stereocenters. The SMILES string of the molecule is CC1CN(Cc2ccccn2)C(CCN)CN1C. The highest BCUT2D eigenvalue weighted by Gasteiger charge is 2.28. The van der Waals surface area contributed by atoms with Crippen LogP contribution in [0.15, 0.2) is 24.4 Å². The Morgan fingerprint density at radius 3 is 2.89 bits per heavy atom.